The Balaban J connectivity index is 2.26. The molecule has 1 unspecified atom stereocenters. The van der Waals surface area contributed by atoms with Gasteiger partial charge in [0.2, 0.25) is 0 Å². The predicted octanol–water partition coefficient (Wildman–Crippen LogP) is 2.88. The van der Waals surface area contributed by atoms with Crippen LogP contribution in [0.3, 0.4) is 0 Å². The lowest BCUT2D eigenvalue weighted by Gasteiger charge is -2.07. The van der Waals surface area contributed by atoms with E-state index in [1.165, 1.54) is 0 Å². The first-order valence-electron chi connectivity index (χ1n) is 6.24. The highest BCUT2D eigenvalue weighted by atomic mass is 32.2. The van der Waals surface area contributed by atoms with Crippen molar-refractivity contribution in [3.8, 4) is 11.8 Å². The maximum absolute atomic E-state index is 11.5. The third kappa shape index (κ3) is 5.33. The molecule has 18 heavy (non-hydrogen) atoms. The molecular formula is C14H19NO2S. The van der Waals surface area contributed by atoms with Gasteiger partial charge in [0.25, 0.3) is 0 Å². The van der Waals surface area contributed by atoms with Crippen LogP contribution in [0.25, 0.3) is 0 Å². The molecule has 3 nitrogen and oxygen atoms in total. The fourth-order valence-electron chi connectivity index (χ4n) is 1.49. The molecule has 0 fully saturated rings. The van der Waals surface area contributed by atoms with Crippen LogP contribution in [0.15, 0.2) is 24.3 Å². The smallest absolute Gasteiger partial charge is 0.137 e. The Morgan fingerprint density at radius 3 is 2.72 bits per heavy atom. The van der Waals surface area contributed by atoms with E-state index in [-0.39, 0.29) is 0 Å². The van der Waals surface area contributed by atoms with E-state index in [1.54, 1.807) is 12.1 Å². The van der Waals surface area contributed by atoms with Crippen molar-refractivity contribution in [3.05, 3.63) is 29.8 Å². The van der Waals surface area contributed by atoms with Gasteiger partial charge in [0.1, 0.15) is 11.8 Å². The molecule has 0 bridgehead atoms. The minimum atomic E-state index is -0.730. The van der Waals surface area contributed by atoms with E-state index in [9.17, 15) is 4.21 Å². The second-order valence-corrected chi connectivity index (χ2v) is 5.71. The largest absolute Gasteiger partial charge is 0.492 e. The van der Waals surface area contributed by atoms with Gasteiger partial charge in [-0.3, -0.25) is 4.21 Å². The number of hydrogen-bond acceptors (Lipinski definition) is 3. The summed E-state index contributed by atoms with van der Waals surface area (Å²) in [5, 5.41) is 8.88. The van der Waals surface area contributed by atoms with Crippen molar-refractivity contribution in [3.63, 3.8) is 0 Å². The highest BCUT2D eigenvalue weighted by Gasteiger charge is 2.02. The Morgan fingerprint density at radius 1 is 1.28 bits per heavy atom. The summed E-state index contributed by atoms with van der Waals surface area (Å²) in [6, 6.07) is 9.26. The molecule has 1 rings (SSSR count). The maximum Gasteiger partial charge on any atom is 0.137 e. The quantitative estimate of drug-likeness (QED) is 0.679. The summed E-state index contributed by atoms with van der Waals surface area (Å²) in [4.78, 5) is 0. The van der Waals surface area contributed by atoms with Crippen LogP contribution in [0.2, 0.25) is 0 Å². The van der Waals surface area contributed by atoms with Crippen molar-refractivity contribution >= 4 is 10.8 Å². The van der Waals surface area contributed by atoms with Gasteiger partial charge >= 0.3 is 0 Å². The first kappa shape index (κ1) is 14.7. The molecule has 0 aliphatic rings. The van der Waals surface area contributed by atoms with Crippen molar-refractivity contribution in [2.45, 2.75) is 26.2 Å². The standard InChI is InChI=1S/C14H19NO2S/c1-2-3-10-18(16)11-6-9-17-14-8-5-4-7-13(14)12-15/h4-5,7-8H,2-3,6,9-11H2,1H3. The lowest BCUT2D eigenvalue weighted by molar-refractivity contribution is 0.317. The van der Waals surface area contributed by atoms with Crippen molar-refractivity contribution in [2.24, 2.45) is 0 Å². The molecule has 0 amide bonds. The normalized spacial score (nSPS) is 11.8. The molecule has 0 aromatic heterocycles. The number of rotatable bonds is 8. The van der Waals surface area contributed by atoms with Crippen LogP contribution in [0.1, 0.15) is 31.7 Å². The van der Waals surface area contributed by atoms with Crippen LogP contribution < -0.4 is 4.74 Å². The van der Waals surface area contributed by atoms with E-state index in [1.807, 2.05) is 12.1 Å². The van der Waals surface area contributed by atoms with Crippen LogP contribution in [0.5, 0.6) is 5.75 Å². The monoisotopic (exact) mass is 265 g/mol. The van der Waals surface area contributed by atoms with Crippen LogP contribution >= 0.6 is 0 Å². The molecule has 1 aromatic rings. The summed E-state index contributed by atoms with van der Waals surface area (Å²) in [5.74, 6) is 2.07. The molecule has 0 heterocycles. The van der Waals surface area contributed by atoms with Crippen LogP contribution in [0, 0.1) is 11.3 Å². The minimum absolute atomic E-state index is 0.510. The highest BCUT2D eigenvalue weighted by Crippen LogP contribution is 2.16. The number of benzene rings is 1. The van der Waals surface area contributed by atoms with E-state index >= 15 is 0 Å². The SMILES string of the molecule is CCCCS(=O)CCCOc1ccccc1C#N. The fourth-order valence-corrected chi connectivity index (χ4v) is 2.75. The molecule has 1 aromatic carbocycles. The number of ether oxygens (including phenoxy) is 1. The second-order valence-electron chi connectivity index (χ2n) is 4.01. The Bertz CT molecular complexity index is 426. The Morgan fingerprint density at radius 2 is 2.00 bits per heavy atom. The zero-order valence-corrected chi connectivity index (χ0v) is 11.5. The minimum Gasteiger partial charge on any atom is -0.492 e. The van der Waals surface area contributed by atoms with Gasteiger partial charge in [0.15, 0.2) is 0 Å². The number of unbranched alkanes of at least 4 members (excludes halogenated alkanes) is 1. The average Bonchev–Trinajstić information content (AvgIpc) is 2.41. The van der Waals surface area contributed by atoms with E-state index in [2.05, 4.69) is 13.0 Å². The van der Waals surface area contributed by atoms with Crippen molar-refractivity contribution in [1.82, 2.24) is 0 Å². The summed E-state index contributed by atoms with van der Waals surface area (Å²) in [6.45, 7) is 2.61. The van der Waals surface area contributed by atoms with Gasteiger partial charge in [-0.25, -0.2) is 0 Å². The number of hydrogen-bond donors (Lipinski definition) is 0. The van der Waals surface area contributed by atoms with Gasteiger partial charge in [0.05, 0.1) is 12.2 Å². The van der Waals surface area contributed by atoms with Gasteiger partial charge in [-0.2, -0.15) is 5.26 Å². The van der Waals surface area contributed by atoms with E-state index in [0.29, 0.717) is 23.7 Å². The molecule has 0 saturated heterocycles. The molecule has 1 atom stereocenters. The highest BCUT2D eigenvalue weighted by molar-refractivity contribution is 7.84. The summed E-state index contributed by atoms with van der Waals surface area (Å²) in [6.07, 6.45) is 2.86. The van der Waals surface area contributed by atoms with Gasteiger partial charge in [-0.15, -0.1) is 0 Å². The summed E-state index contributed by atoms with van der Waals surface area (Å²) in [7, 11) is -0.730. The molecule has 0 spiro atoms. The summed E-state index contributed by atoms with van der Waals surface area (Å²) in [5.41, 5.74) is 0.546. The van der Waals surface area contributed by atoms with E-state index in [0.717, 1.165) is 25.0 Å². The zero-order chi connectivity index (χ0) is 13.2. The second kappa shape index (κ2) is 8.71. The van der Waals surface area contributed by atoms with Gasteiger partial charge in [0, 0.05) is 22.3 Å². The number of para-hydroxylation sites is 1. The Kier molecular flexibility index (Phi) is 7.12. The molecule has 0 radical (unpaired) electrons. The summed E-state index contributed by atoms with van der Waals surface area (Å²) < 4.78 is 17.1. The molecule has 0 saturated carbocycles. The average molecular weight is 265 g/mol. The Hall–Kier alpha value is -1.34. The predicted molar refractivity (Wildman–Crippen MR) is 74.1 cm³/mol. The van der Waals surface area contributed by atoms with Crippen LogP contribution in [-0.2, 0) is 10.8 Å². The number of nitriles is 1. The molecule has 4 heteroatoms. The molecule has 0 N–H and O–H groups in total. The lowest BCUT2D eigenvalue weighted by atomic mass is 10.2. The van der Waals surface area contributed by atoms with Crippen molar-refractivity contribution in [2.75, 3.05) is 18.1 Å². The Labute approximate surface area is 111 Å². The van der Waals surface area contributed by atoms with Crippen molar-refractivity contribution in [1.29, 1.82) is 5.26 Å². The third-order valence-electron chi connectivity index (χ3n) is 2.51. The first-order chi connectivity index (χ1) is 8.77. The lowest BCUT2D eigenvalue weighted by Crippen LogP contribution is -2.07. The molecule has 98 valence electrons. The third-order valence-corrected chi connectivity index (χ3v) is 4.00. The molecular weight excluding hydrogens is 246 g/mol. The maximum atomic E-state index is 11.5. The first-order valence-corrected chi connectivity index (χ1v) is 7.73. The van der Waals surface area contributed by atoms with Crippen molar-refractivity contribution < 1.29 is 8.95 Å². The molecule has 0 aliphatic heterocycles. The summed E-state index contributed by atoms with van der Waals surface area (Å²) >= 11 is 0. The fraction of sp³-hybridized carbons (Fsp3) is 0.500. The molecule has 0 aliphatic carbocycles. The number of nitrogens with zero attached hydrogens (tertiary/aromatic N) is 1. The van der Waals surface area contributed by atoms with Crippen LogP contribution in [0.4, 0.5) is 0 Å². The van der Waals surface area contributed by atoms with Gasteiger partial charge < -0.3 is 4.74 Å². The van der Waals surface area contributed by atoms with Crippen LogP contribution in [-0.4, -0.2) is 22.3 Å². The topological polar surface area (TPSA) is 50.1 Å². The van der Waals surface area contributed by atoms with Gasteiger partial charge in [-0.05, 0) is 25.0 Å². The van der Waals surface area contributed by atoms with E-state index in [4.69, 9.17) is 10.00 Å². The zero-order valence-electron chi connectivity index (χ0n) is 10.7. The van der Waals surface area contributed by atoms with E-state index < -0.39 is 10.8 Å². The van der Waals surface area contributed by atoms with Gasteiger partial charge in [-0.1, -0.05) is 25.5 Å².